The van der Waals surface area contributed by atoms with Crippen LogP contribution in [0.15, 0.2) is 42.5 Å². The number of nitro groups is 1. The van der Waals surface area contributed by atoms with Crippen LogP contribution in [0, 0.1) is 10.1 Å². The van der Waals surface area contributed by atoms with E-state index in [0.29, 0.717) is 0 Å². The molecule has 0 aliphatic rings. The fraction of sp³-hybridized carbons (Fsp3) is 0.188. The van der Waals surface area contributed by atoms with Gasteiger partial charge in [-0.15, -0.1) is 13.2 Å². The Morgan fingerprint density at radius 1 is 1.22 bits per heavy atom. The van der Waals surface area contributed by atoms with Crippen LogP contribution in [0.4, 0.5) is 24.5 Å². The number of rotatable bonds is 6. The van der Waals surface area contributed by atoms with Crippen molar-refractivity contribution in [2.24, 2.45) is 0 Å². The van der Waals surface area contributed by atoms with Crippen LogP contribution in [0.25, 0.3) is 0 Å². The number of hydrogen-bond acceptors (Lipinski definition) is 5. The Balaban J connectivity index is 2.03. The number of nitro benzene ring substituents is 1. The van der Waals surface area contributed by atoms with Crippen LogP contribution in [0.1, 0.15) is 6.92 Å². The van der Waals surface area contributed by atoms with Gasteiger partial charge in [-0.2, -0.15) is 0 Å². The van der Waals surface area contributed by atoms with Gasteiger partial charge >= 0.3 is 12.0 Å². The summed E-state index contributed by atoms with van der Waals surface area (Å²) in [5.74, 6) is -1.26. The minimum Gasteiger partial charge on any atom is -0.474 e. The first kappa shape index (κ1) is 20.3. The highest BCUT2D eigenvalue weighted by Crippen LogP contribution is 2.31. The lowest BCUT2D eigenvalue weighted by atomic mass is 10.2. The van der Waals surface area contributed by atoms with Crippen LogP contribution in [0.5, 0.6) is 11.5 Å². The van der Waals surface area contributed by atoms with E-state index in [0.717, 1.165) is 18.2 Å². The van der Waals surface area contributed by atoms with Gasteiger partial charge in [0.25, 0.3) is 5.91 Å². The Bertz CT molecular complexity index is 843. The number of carbonyl (C=O) groups is 1. The SMILES string of the molecule is C[C@H](Oc1ccc(Cl)cc1[N+](=O)[O-])C(=O)Nc1ccc(OC(F)(F)F)cc1. The van der Waals surface area contributed by atoms with Crippen molar-refractivity contribution in [1.82, 2.24) is 0 Å². The van der Waals surface area contributed by atoms with Gasteiger partial charge < -0.3 is 14.8 Å². The van der Waals surface area contributed by atoms with Crippen LogP contribution in [0.2, 0.25) is 5.02 Å². The normalized spacial score (nSPS) is 12.2. The zero-order chi connectivity index (χ0) is 20.2. The predicted molar refractivity (Wildman–Crippen MR) is 90.0 cm³/mol. The standard InChI is InChI=1S/C16H12ClF3N2O5/c1-9(26-14-7-2-10(17)8-13(14)22(24)25)15(23)21-11-3-5-12(6-4-11)27-16(18,19)20/h2-9H,1H3,(H,21,23)/t9-/m0/s1. The van der Waals surface area contributed by atoms with E-state index in [-0.39, 0.29) is 16.5 Å². The van der Waals surface area contributed by atoms with Crippen LogP contribution in [0.3, 0.4) is 0 Å². The molecule has 0 fully saturated rings. The van der Waals surface area contributed by atoms with Gasteiger partial charge in [0.15, 0.2) is 11.9 Å². The number of alkyl halides is 3. The quantitative estimate of drug-likeness (QED) is 0.563. The van der Waals surface area contributed by atoms with E-state index in [1.165, 1.54) is 31.2 Å². The minimum atomic E-state index is -4.82. The van der Waals surface area contributed by atoms with Crippen molar-refractivity contribution in [3.8, 4) is 11.5 Å². The molecule has 1 amide bonds. The number of nitrogens with one attached hydrogen (secondary N) is 1. The van der Waals surface area contributed by atoms with Gasteiger partial charge in [0.2, 0.25) is 0 Å². The van der Waals surface area contributed by atoms with Gasteiger partial charge in [0.05, 0.1) is 4.92 Å². The predicted octanol–water partition coefficient (Wildman–Crippen LogP) is 4.55. The van der Waals surface area contributed by atoms with Crippen LogP contribution < -0.4 is 14.8 Å². The molecule has 1 N–H and O–H groups in total. The van der Waals surface area contributed by atoms with Crippen LogP contribution in [-0.4, -0.2) is 23.3 Å². The molecule has 0 bridgehead atoms. The molecule has 0 saturated carbocycles. The van der Waals surface area contributed by atoms with E-state index in [2.05, 4.69) is 10.1 Å². The maximum Gasteiger partial charge on any atom is 0.573 e. The average Bonchev–Trinajstić information content (AvgIpc) is 2.56. The van der Waals surface area contributed by atoms with E-state index in [4.69, 9.17) is 16.3 Å². The molecule has 0 aliphatic heterocycles. The second-order valence-electron chi connectivity index (χ2n) is 5.19. The summed E-state index contributed by atoms with van der Waals surface area (Å²) in [5, 5.41) is 13.6. The molecule has 0 saturated heterocycles. The summed E-state index contributed by atoms with van der Waals surface area (Å²) in [6.45, 7) is 1.36. The van der Waals surface area contributed by atoms with Gasteiger partial charge in [-0.25, -0.2) is 0 Å². The lowest BCUT2D eigenvalue weighted by Crippen LogP contribution is -2.30. The Hall–Kier alpha value is -3.01. The summed E-state index contributed by atoms with van der Waals surface area (Å²) >= 11 is 5.70. The third-order valence-electron chi connectivity index (χ3n) is 3.15. The van der Waals surface area contributed by atoms with Crippen molar-refractivity contribution in [1.29, 1.82) is 0 Å². The molecule has 0 aromatic heterocycles. The molecule has 0 unspecified atom stereocenters. The molecule has 2 rings (SSSR count). The molecular formula is C16H12ClF3N2O5. The Kier molecular flexibility index (Phi) is 6.11. The second kappa shape index (κ2) is 8.12. The van der Waals surface area contributed by atoms with Crippen molar-refractivity contribution in [2.45, 2.75) is 19.4 Å². The first-order chi connectivity index (χ1) is 12.5. The molecule has 2 aromatic rings. The number of amides is 1. The molecule has 11 heteroatoms. The number of hydrogen-bond donors (Lipinski definition) is 1. The summed E-state index contributed by atoms with van der Waals surface area (Å²) in [4.78, 5) is 22.5. The summed E-state index contributed by atoms with van der Waals surface area (Å²) in [6.07, 6.45) is -5.95. The van der Waals surface area contributed by atoms with E-state index >= 15 is 0 Å². The van der Waals surface area contributed by atoms with Crippen LogP contribution in [-0.2, 0) is 4.79 Å². The molecule has 0 spiro atoms. The Morgan fingerprint density at radius 2 is 1.85 bits per heavy atom. The highest BCUT2D eigenvalue weighted by molar-refractivity contribution is 6.30. The molecule has 144 valence electrons. The molecule has 27 heavy (non-hydrogen) atoms. The van der Waals surface area contributed by atoms with Crippen molar-refractivity contribution < 1.29 is 32.4 Å². The first-order valence-electron chi connectivity index (χ1n) is 7.32. The Labute approximate surface area is 155 Å². The number of benzene rings is 2. The van der Waals surface area contributed by atoms with Gasteiger partial charge in [0, 0.05) is 16.8 Å². The fourth-order valence-corrected chi connectivity index (χ4v) is 2.13. The summed E-state index contributed by atoms with van der Waals surface area (Å²) in [5.41, 5.74) is -0.216. The molecule has 0 radical (unpaired) electrons. The smallest absolute Gasteiger partial charge is 0.474 e. The zero-order valence-electron chi connectivity index (χ0n) is 13.6. The second-order valence-corrected chi connectivity index (χ2v) is 5.63. The van der Waals surface area contributed by atoms with E-state index in [9.17, 15) is 28.1 Å². The number of halogens is 4. The maximum absolute atomic E-state index is 12.1. The topological polar surface area (TPSA) is 90.7 Å². The average molecular weight is 405 g/mol. The van der Waals surface area contributed by atoms with Crippen molar-refractivity contribution in [3.05, 3.63) is 57.6 Å². The molecule has 0 aliphatic carbocycles. The summed E-state index contributed by atoms with van der Waals surface area (Å²) in [6, 6.07) is 8.17. The molecule has 0 heterocycles. The van der Waals surface area contributed by atoms with Crippen LogP contribution >= 0.6 is 11.6 Å². The number of anilines is 1. The number of nitrogens with zero attached hydrogens (tertiary/aromatic N) is 1. The minimum absolute atomic E-state index is 0.132. The number of carbonyl (C=O) groups excluding carboxylic acids is 1. The molecule has 7 nitrogen and oxygen atoms in total. The summed E-state index contributed by atoms with van der Waals surface area (Å²) < 4.78 is 45.4. The largest absolute Gasteiger partial charge is 0.573 e. The number of ether oxygens (including phenoxy) is 2. The van der Waals surface area contributed by atoms with E-state index < -0.39 is 34.7 Å². The first-order valence-corrected chi connectivity index (χ1v) is 7.70. The highest BCUT2D eigenvalue weighted by atomic mass is 35.5. The third kappa shape index (κ3) is 6.03. The Morgan fingerprint density at radius 3 is 2.41 bits per heavy atom. The molecule has 2 aromatic carbocycles. The van der Waals surface area contributed by atoms with E-state index in [1.807, 2.05) is 0 Å². The van der Waals surface area contributed by atoms with Gasteiger partial charge in [-0.3, -0.25) is 14.9 Å². The highest BCUT2D eigenvalue weighted by Gasteiger charge is 2.31. The molecular weight excluding hydrogens is 393 g/mol. The third-order valence-corrected chi connectivity index (χ3v) is 3.38. The van der Waals surface area contributed by atoms with Crippen molar-refractivity contribution in [2.75, 3.05) is 5.32 Å². The van der Waals surface area contributed by atoms with Gasteiger partial charge in [-0.1, -0.05) is 11.6 Å². The van der Waals surface area contributed by atoms with E-state index in [1.54, 1.807) is 0 Å². The lowest BCUT2D eigenvalue weighted by molar-refractivity contribution is -0.386. The van der Waals surface area contributed by atoms with Crippen molar-refractivity contribution >= 4 is 28.9 Å². The van der Waals surface area contributed by atoms with Crippen molar-refractivity contribution in [3.63, 3.8) is 0 Å². The summed E-state index contributed by atoms with van der Waals surface area (Å²) in [7, 11) is 0. The monoisotopic (exact) mass is 404 g/mol. The fourth-order valence-electron chi connectivity index (χ4n) is 1.96. The van der Waals surface area contributed by atoms with Gasteiger partial charge in [-0.05, 0) is 43.3 Å². The van der Waals surface area contributed by atoms with Gasteiger partial charge in [0.1, 0.15) is 5.75 Å². The lowest BCUT2D eigenvalue weighted by Gasteiger charge is -2.15. The maximum atomic E-state index is 12.1. The molecule has 1 atom stereocenters. The zero-order valence-corrected chi connectivity index (χ0v) is 14.4.